The number of carbonyl (C=O) groups is 2. The first kappa shape index (κ1) is 12.2. The molecular weight excluding hydrogens is 226 g/mol. The van der Waals surface area contributed by atoms with Gasteiger partial charge in [-0.05, 0) is 20.8 Å². The van der Waals surface area contributed by atoms with E-state index in [0.717, 1.165) is 0 Å². The molecule has 1 saturated carbocycles. The van der Waals surface area contributed by atoms with Gasteiger partial charge in [0.1, 0.15) is 5.60 Å². The Kier molecular flexibility index (Phi) is 2.40. The molecule has 0 radical (unpaired) electrons. The smallest absolute Gasteiger partial charge is 0.408 e. The molecular formula is C11H17NO5. The quantitative estimate of drug-likeness (QED) is 0.752. The van der Waals surface area contributed by atoms with Crippen molar-refractivity contribution in [2.24, 2.45) is 0 Å². The third-order valence-electron chi connectivity index (χ3n) is 3.03. The molecule has 3 rings (SSSR count). The van der Waals surface area contributed by atoms with Gasteiger partial charge in [0.25, 0.3) is 0 Å². The third-order valence-corrected chi connectivity index (χ3v) is 3.03. The average Bonchev–Trinajstić information content (AvgIpc) is 2.54. The van der Waals surface area contributed by atoms with E-state index in [4.69, 9.17) is 14.6 Å². The molecule has 0 unspecified atom stereocenters. The summed E-state index contributed by atoms with van der Waals surface area (Å²) in [5.41, 5.74) is -2.20. The lowest BCUT2D eigenvalue weighted by molar-refractivity contribution is -0.163. The normalized spacial score (nSPS) is 35.0. The first-order chi connectivity index (χ1) is 7.67. The number of rotatable bonds is 2. The number of aliphatic carboxylic acids is 1. The van der Waals surface area contributed by atoms with Crippen molar-refractivity contribution in [3.63, 3.8) is 0 Å². The summed E-state index contributed by atoms with van der Waals surface area (Å²) in [7, 11) is 0. The predicted molar refractivity (Wildman–Crippen MR) is 57.7 cm³/mol. The molecule has 0 atom stereocenters. The van der Waals surface area contributed by atoms with Crippen LogP contribution in [-0.4, -0.2) is 40.5 Å². The lowest BCUT2D eigenvalue weighted by Crippen LogP contribution is -2.62. The average molecular weight is 243 g/mol. The van der Waals surface area contributed by atoms with Gasteiger partial charge in [0.05, 0.1) is 12.1 Å². The Morgan fingerprint density at radius 1 is 1.35 bits per heavy atom. The summed E-state index contributed by atoms with van der Waals surface area (Å²) in [5, 5.41) is 11.7. The third kappa shape index (κ3) is 2.09. The molecule has 6 nitrogen and oxygen atoms in total. The Morgan fingerprint density at radius 3 is 2.35 bits per heavy atom. The Bertz CT molecular complexity index is 365. The number of carbonyl (C=O) groups excluding carboxylic acids is 1. The minimum absolute atomic E-state index is 0.235. The van der Waals surface area contributed by atoms with Gasteiger partial charge in [-0.2, -0.15) is 0 Å². The minimum Gasteiger partial charge on any atom is -0.479 e. The van der Waals surface area contributed by atoms with Crippen LogP contribution < -0.4 is 5.32 Å². The summed E-state index contributed by atoms with van der Waals surface area (Å²) in [6, 6.07) is 0. The zero-order valence-corrected chi connectivity index (χ0v) is 10.2. The van der Waals surface area contributed by atoms with Crippen molar-refractivity contribution in [2.45, 2.75) is 50.4 Å². The lowest BCUT2D eigenvalue weighted by Gasteiger charge is -2.41. The maximum absolute atomic E-state index is 11.6. The molecule has 0 spiro atoms. The minimum atomic E-state index is -1.09. The highest BCUT2D eigenvalue weighted by Gasteiger charge is 2.67. The van der Waals surface area contributed by atoms with Crippen LogP contribution in [0.5, 0.6) is 0 Å². The molecule has 2 saturated heterocycles. The second-order valence-electron chi connectivity index (χ2n) is 5.85. The van der Waals surface area contributed by atoms with Gasteiger partial charge in [-0.3, -0.25) is 0 Å². The summed E-state index contributed by atoms with van der Waals surface area (Å²) >= 11 is 0. The second kappa shape index (κ2) is 3.35. The van der Waals surface area contributed by atoms with Crippen LogP contribution in [0.1, 0.15) is 33.6 Å². The van der Waals surface area contributed by atoms with E-state index in [1.165, 1.54) is 0 Å². The maximum Gasteiger partial charge on any atom is 0.408 e. The molecule has 17 heavy (non-hydrogen) atoms. The van der Waals surface area contributed by atoms with Gasteiger partial charge in [0, 0.05) is 12.8 Å². The fourth-order valence-corrected chi connectivity index (χ4v) is 2.38. The Labute approximate surface area is 99.3 Å². The van der Waals surface area contributed by atoms with Crippen molar-refractivity contribution in [2.75, 3.05) is 6.61 Å². The van der Waals surface area contributed by atoms with Gasteiger partial charge in [0.15, 0.2) is 5.60 Å². The van der Waals surface area contributed by atoms with Crippen LogP contribution in [0.2, 0.25) is 0 Å². The van der Waals surface area contributed by atoms with Crippen molar-refractivity contribution in [1.82, 2.24) is 5.32 Å². The zero-order chi connectivity index (χ0) is 12.9. The number of fused-ring (bicyclic) bond motifs is 1. The standard InChI is InChI=1S/C11H17NO5/c1-9(2,3)17-8(15)12-10-4-11(5-10,7(13)14)16-6-10/h4-6H2,1-3H3,(H,12,15)(H,13,14)/t10-,11-. The number of hydrogen-bond donors (Lipinski definition) is 2. The van der Waals surface area contributed by atoms with Gasteiger partial charge in [-0.15, -0.1) is 0 Å². The fourth-order valence-electron chi connectivity index (χ4n) is 2.38. The maximum atomic E-state index is 11.6. The number of amides is 1. The number of carboxylic acids is 1. The van der Waals surface area contributed by atoms with Gasteiger partial charge in [-0.1, -0.05) is 0 Å². The molecule has 96 valence electrons. The molecule has 2 aliphatic heterocycles. The Hall–Kier alpha value is -1.30. The van der Waals surface area contributed by atoms with E-state index in [1.54, 1.807) is 20.8 Å². The van der Waals surface area contributed by atoms with Crippen LogP contribution in [0.25, 0.3) is 0 Å². The number of ether oxygens (including phenoxy) is 2. The predicted octanol–water partition coefficient (Wildman–Crippen LogP) is 0.897. The molecule has 1 amide bonds. The topological polar surface area (TPSA) is 84.9 Å². The highest BCUT2D eigenvalue weighted by atomic mass is 16.6. The van der Waals surface area contributed by atoms with Crippen LogP contribution in [0.4, 0.5) is 4.79 Å². The van der Waals surface area contributed by atoms with E-state index in [1.807, 2.05) is 0 Å². The molecule has 2 bridgehead atoms. The van der Waals surface area contributed by atoms with Crippen molar-refractivity contribution in [3.8, 4) is 0 Å². The van der Waals surface area contributed by atoms with Crippen molar-refractivity contribution >= 4 is 12.1 Å². The Morgan fingerprint density at radius 2 is 1.94 bits per heavy atom. The van der Waals surface area contributed by atoms with Crippen LogP contribution in [0, 0.1) is 0 Å². The monoisotopic (exact) mass is 243 g/mol. The summed E-state index contributed by atoms with van der Waals surface area (Å²) in [4.78, 5) is 22.5. The Balaban J connectivity index is 1.91. The molecule has 2 heterocycles. The van der Waals surface area contributed by atoms with E-state index in [0.29, 0.717) is 12.8 Å². The summed E-state index contributed by atoms with van der Waals surface area (Å²) in [6.45, 7) is 5.56. The molecule has 1 aliphatic carbocycles. The molecule has 3 aliphatic rings. The van der Waals surface area contributed by atoms with E-state index in [-0.39, 0.29) is 6.61 Å². The molecule has 2 N–H and O–H groups in total. The molecule has 0 aromatic rings. The largest absolute Gasteiger partial charge is 0.479 e. The van der Waals surface area contributed by atoms with Crippen LogP contribution >= 0.6 is 0 Å². The van der Waals surface area contributed by atoms with E-state index >= 15 is 0 Å². The van der Waals surface area contributed by atoms with E-state index in [2.05, 4.69) is 5.32 Å². The molecule has 0 aromatic carbocycles. The van der Waals surface area contributed by atoms with Gasteiger partial charge in [0.2, 0.25) is 0 Å². The lowest BCUT2D eigenvalue weighted by atomic mass is 9.68. The number of hydrogen-bond acceptors (Lipinski definition) is 4. The summed E-state index contributed by atoms with van der Waals surface area (Å²) < 4.78 is 10.4. The molecule has 6 heteroatoms. The van der Waals surface area contributed by atoms with E-state index in [9.17, 15) is 9.59 Å². The molecule has 3 fully saturated rings. The second-order valence-corrected chi connectivity index (χ2v) is 5.85. The SMILES string of the molecule is CC(C)(C)OC(=O)N[C@]12CO[C@](C(=O)O)(C1)C2. The fraction of sp³-hybridized carbons (Fsp3) is 0.818. The highest BCUT2D eigenvalue weighted by Crippen LogP contribution is 2.51. The van der Waals surface area contributed by atoms with Crippen LogP contribution in [0.15, 0.2) is 0 Å². The van der Waals surface area contributed by atoms with Crippen molar-refractivity contribution in [1.29, 1.82) is 0 Å². The number of carboxylic acid groups (broad SMARTS) is 1. The van der Waals surface area contributed by atoms with Crippen LogP contribution in [-0.2, 0) is 14.3 Å². The van der Waals surface area contributed by atoms with Crippen LogP contribution in [0.3, 0.4) is 0 Å². The molecule has 0 aromatic heterocycles. The van der Waals surface area contributed by atoms with Gasteiger partial charge < -0.3 is 19.9 Å². The van der Waals surface area contributed by atoms with Crippen molar-refractivity contribution in [3.05, 3.63) is 0 Å². The zero-order valence-electron chi connectivity index (χ0n) is 10.2. The summed E-state index contributed by atoms with van der Waals surface area (Å²) in [6.07, 6.45) is 0.102. The summed E-state index contributed by atoms with van der Waals surface area (Å²) in [5.74, 6) is -0.961. The van der Waals surface area contributed by atoms with Crippen molar-refractivity contribution < 1.29 is 24.2 Å². The van der Waals surface area contributed by atoms with Gasteiger partial charge >= 0.3 is 12.1 Å². The van der Waals surface area contributed by atoms with E-state index < -0.39 is 28.8 Å². The first-order valence-electron chi connectivity index (χ1n) is 5.55. The number of nitrogens with one attached hydrogen (secondary N) is 1. The van der Waals surface area contributed by atoms with Gasteiger partial charge in [-0.25, -0.2) is 9.59 Å². The number of alkyl carbamates (subject to hydrolysis) is 1. The first-order valence-corrected chi connectivity index (χ1v) is 5.55. The highest BCUT2D eigenvalue weighted by molar-refractivity contribution is 5.82.